The second kappa shape index (κ2) is 16.5. The molecular formula is C44H39F6NO6. The van der Waals surface area contributed by atoms with Crippen molar-refractivity contribution in [3.63, 3.8) is 0 Å². The lowest BCUT2D eigenvalue weighted by Gasteiger charge is -2.33. The van der Waals surface area contributed by atoms with Crippen LogP contribution in [0, 0.1) is 0 Å². The van der Waals surface area contributed by atoms with Crippen LogP contribution in [0.15, 0.2) is 121 Å². The van der Waals surface area contributed by atoms with E-state index < -0.39 is 52.5 Å². The van der Waals surface area contributed by atoms with E-state index in [1.165, 1.54) is 49.9 Å². The van der Waals surface area contributed by atoms with Crippen molar-refractivity contribution in [2.75, 3.05) is 18.1 Å². The molecule has 0 bridgehead atoms. The van der Waals surface area contributed by atoms with Gasteiger partial charge in [0.25, 0.3) is 0 Å². The van der Waals surface area contributed by atoms with Crippen LogP contribution in [0.1, 0.15) is 61.4 Å². The highest BCUT2D eigenvalue weighted by molar-refractivity contribution is 5.89. The van der Waals surface area contributed by atoms with Crippen LogP contribution in [0.25, 0.3) is 11.1 Å². The number of rotatable bonds is 14. The summed E-state index contributed by atoms with van der Waals surface area (Å²) in [5.74, 6) is -1.91. The van der Waals surface area contributed by atoms with E-state index in [1.54, 1.807) is 18.2 Å². The van der Waals surface area contributed by atoms with Crippen molar-refractivity contribution in [1.29, 1.82) is 0 Å². The van der Waals surface area contributed by atoms with E-state index in [0.29, 0.717) is 28.8 Å². The molecule has 7 nitrogen and oxygen atoms in total. The molecule has 0 atom stereocenters. The van der Waals surface area contributed by atoms with Crippen LogP contribution in [0.4, 0.5) is 43.4 Å². The van der Waals surface area contributed by atoms with E-state index in [0.717, 1.165) is 11.1 Å². The Morgan fingerprint density at radius 2 is 1.05 bits per heavy atom. The zero-order valence-corrected chi connectivity index (χ0v) is 31.4. The average molecular weight is 792 g/mol. The summed E-state index contributed by atoms with van der Waals surface area (Å²) in [6.07, 6.45) is -9.95. The first kappa shape index (κ1) is 42.0. The van der Waals surface area contributed by atoms with Crippen LogP contribution in [0.3, 0.4) is 0 Å². The molecule has 5 rings (SSSR count). The van der Waals surface area contributed by atoms with Crippen LogP contribution < -0.4 is 4.90 Å². The van der Waals surface area contributed by atoms with Crippen LogP contribution in [0.2, 0.25) is 0 Å². The van der Waals surface area contributed by atoms with Crippen LogP contribution in [-0.2, 0) is 53.0 Å². The summed E-state index contributed by atoms with van der Waals surface area (Å²) in [6, 6.07) is 19.7. The van der Waals surface area contributed by atoms with Crippen molar-refractivity contribution in [2.24, 2.45) is 0 Å². The predicted octanol–water partition coefficient (Wildman–Crippen LogP) is 11.1. The van der Waals surface area contributed by atoms with Gasteiger partial charge in [-0.05, 0) is 104 Å². The summed E-state index contributed by atoms with van der Waals surface area (Å²) in [7, 11) is 0. The lowest BCUT2D eigenvalue weighted by Crippen LogP contribution is -2.30. The molecule has 57 heavy (non-hydrogen) atoms. The van der Waals surface area contributed by atoms with Gasteiger partial charge in [-0.3, -0.25) is 0 Å². The first-order valence-electron chi connectivity index (χ1n) is 17.6. The first-order chi connectivity index (χ1) is 26.7. The fraction of sp³-hybridized carbons (Fsp3) is 0.250. The molecule has 0 N–H and O–H groups in total. The molecule has 0 heterocycles. The molecule has 0 saturated carbocycles. The van der Waals surface area contributed by atoms with Crippen molar-refractivity contribution in [3.8, 4) is 11.1 Å². The Balaban J connectivity index is 1.72. The SMILES string of the molecule is C=C(C)C(=O)OCCC1(CCOC(=O)C(=C)C)c2ccccc2-c2ccc(N(c3ccc(COC(=O)C(=C)C)cc3)c3cc(C(F)(F)F)cc(C(F)(F)F)c3)cc21. The summed E-state index contributed by atoms with van der Waals surface area (Å²) in [6.45, 7) is 14.9. The molecule has 0 fully saturated rings. The zero-order chi connectivity index (χ0) is 41.9. The number of carbonyl (C=O) groups excluding carboxylic acids is 3. The third kappa shape index (κ3) is 9.31. The summed E-state index contributed by atoms with van der Waals surface area (Å²) in [4.78, 5) is 38.2. The van der Waals surface area contributed by atoms with Gasteiger partial charge in [0.05, 0.1) is 24.3 Å². The van der Waals surface area contributed by atoms with Crippen LogP contribution >= 0.6 is 0 Å². The van der Waals surface area contributed by atoms with E-state index in [4.69, 9.17) is 14.2 Å². The lowest BCUT2D eigenvalue weighted by atomic mass is 9.73. The number of benzene rings is 4. The minimum atomic E-state index is -5.13. The number of hydrogen-bond donors (Lipinski definition) is 0. The van der Waals surface area contributed by atoms with Gasteiger partial charge in [-0.15, -0.1) is 0 Å². The molecule has 4 aromatic carbocycles. The molecule has 4 aromatic rings. The summed E-state index contributed by atoms with van der Waals surface area (Å²) in [5, 5.41) is 0. The number of nitrogens with zero attached hydrogens (tertiary/aromatic N) is 1. The number of ether oxygens (including phenoxy) is 3. The van der Waals surface area contributed by atoms with E-state index >= 15 is 0 Å². The highest BCUT2D eigenvalue weighted by Gasteiger charge is 2.44. The fourth-order valence-corrected chi connectivity index (χ4v) is 6.66. The molecule has 0 unspecified atom stereocenters. The summed E-state index contributed by atoms with van der Waals surface area (Å²) >= 11 is 0. The van der Waals surface area contributed by atoms with E-state index in [1.807, 2.05) is 24.3 Å². The Kier molecular flexibility index (Phi) is 12.2. The topological polar surface area (TPSA) is 82.1 Å². The van der Waals surface area contributed by atoms with Crippen molar-refractivity contribution in [1.82, 2.24) is 0 Å². The number of hydrogen-bond acceptors (Lipinski definition) is 7. The molecule has 0 radical (unpaired) electrons. The first-order valence-corrected chi connectivity index (χ1v) is 17.6. The Bertz CT molecular complexity index is 2170. The second-order valence-electron chi connectivity index (χ2n) is 13.8. The number of carbonyl (C=O) groups is 3. The molecule has 1 aliphatic rings. The number of alkyl halides is 6. The molecule has 1 aliphatic carbocycles. The van der Waals surface area contributed by atoms with Crippen molar-refractivity contribution in [2.45, 2.75) is 58.0 Å². The molecule has 298 valence electrons. The quantitative estimate of drug-likeness (QED) is 0.0544. The molecule has 0 aliphatic heterocycles. The summed E-state index contributed by atoms with van der Waals surface area (Å²) in [5.41, 5.74) is -0.226. The van der Waals surface area contributed by atoms with Crippen LogP contribution in [0.5, 0.6) is 0 Å². The van der Waals surface area contributed by atoms with Gasteiger partial charge < -0.3 is 19.1 Å². The smallest absolute Gasteiger partial charge is 0.416 e. The van der Waals surface area contributed by atoms with Gasteiger partial charge in [-0.1, -0.05) is 62.2 Å². The number of fused-ring (bicyclic) bond motifs is 3. The van der Waals surface area contributed by atoms with E-state index in [-0.39, 0.29) is 66.8 Å². The number of anilines is 3. The summed E-state index contributed by atoms with van der Waals surface area (Å²) < 4.78 is 102. The maximum atomic E-state index is 14.2. The predicted molar refractivity (Wildman–Crippen MR) is 203 cm³/mol. The third-order valence-corrected chi connectivity index (χ3v) is 9.47. The molecule has 0 aromatic heterocycles. The van der Waals surface area contributed by atoms with Crippen molar-refractivity contribution < 1.29 is 54.9 Å². The van der Waals surface area contributed by atoms with Gasteiger partial charge in [-0.2, -0.15) is 26.3 Å². The number of esters is 3. The maximum Gasteiger partial charge on any atom is 0.416 e. The van der Waals surface area contributed by atoms with Gasteiger partial charge in [-0.25, -0.2) is 14.4 Å². The van der Waals surface area contributed by atoms with Crippen LogP contribution in [-0.4, -0.2) is 31.1 Å². The van der Waals surface area contributed by atoms with Gasteiger partial charge in [0, 0.05) is 39.2 Å². The Labute approximate surface area is 325 Å². The van der Waals surface area contributed by atoms with Crippen molar-refractivity contribution in [3.05, 3.63) is 149 Å². The van der Waals surface area contributed by atoms with E-state index in [2.05, 4.69) is 19.7 Å². The van der Waals surface area contributed by atoms with Gasteiger partial charge >= 0.3 is 30.3 Å². The minimum Gasteiger partial charge on any atom is -0.462 e. The zero-order valence-electron chi connectivity index (χ0n) is 31.4. The Morgan fingerprint density at radius 1 is 0.579 bits per heavy atom. The normalized spacial score (nSPS) is 12.9. The Morgan fingerprint density at radius 3 is 1.56 bits per heavy atom. The monoisotopic (exact) mass is 791 g/mol. The lowest BCUT2D eigenvalue weighted by molar-refractivity contribution is -0.143. The fourth-order valence-electron chi connectivity index (χ4n) is 6.66. The molecule has 13 heteroatoms. The van der Waals surface area contributed by atoms with E-state index in [9.17, 15) is 40.7 Å². The second-order valence-corrected chi connectivity index (χ2v) is 13.8. The molecule has 0 saturated heterocycles. The molecule has 0 spiro atoms. The van der Waals surface area contributed by atoms with Gasteiger partial charge in [0.15, 0.2) is 0 Å². The number of halogens is 6. The average Bonchev–Trinajstić information content (AvgIpc) is 3.42. The standard InChI is InChI=1S/C44H39F6NO6/c1-26(2)39(52)55-19-17-42(18-20-56-40(53)27(3)4)37-10-8-7-9-35(37)36-16-15-33(24-38(36)42)51(32-13-11-29(12-14-32)25-57-41(54)28(5)6)34-22-30(43(45,46)47)21-31(23-34)44(48,49)50/h7-16,21-24H,1,3,5,17-20,25H2,2,4,6H3. The Hall–Kier alpha value is -6.11. The highest BCUT2D eigenvalue weighted by Crippen LogP contribution is 2.54. The van der Waals surface area contributed by atoms with Gasteiger partial charge in [0.1, 0.15) is 6.61 Å². The highest BCUT2D eigenvalue weighted by atomic mass is 19.4. The molecular weight excluding hydrogens is 752 g/mol. The minimum absolute atomic E-state index is 0.0591. The molecule has 0 amide bonds. The largest absolute Gasteiger partial charge is 0.462 e. The third-order valence-electron chi connectivity index (χ3n) is 9.47. The van der Waals surface area contributed by atoms with Crippen molar-refractivity contribution >= 4 is 35.0 Å². The van der Waals surface area contributed by atoms with Gasteiger partial charge in [0.2, 0.25) is 0 Å². The maximum absolute atomic E-state index is 14.2.